The minimum atomic E-state index is -4.42. The fourth-order valence-electron chi connectivity index (χ4n) is 4.43. The number of nitrogens with zero attached hydrogens (tertiary/aromatic N) is 4. The Balaban J connectivity index is 0.00000158. The van der Waals surface area contributed by atoms with Crippen LogP contribution in [0.5, 0.6) is 5.75 Å². The lowest BCUT2D eigenvalue weighted by Gasteiger charge is -2.33. The molecule has 0 bridgehead atoms. The molecule has 1 aromatic heterocycles. The van der Waals surface area contributed by atoms with Crippen molar-refractivity contribution >= 4 is 28.8 Å². The van der Waals surface area contributed by atoms with Gasteiger partial charge in [-0.3, -0.25) is 5.01 Å². The van der Waals surface area contributed by atoms with Gasteiger partial charge in [0.2, 0.25) is 0 Å². The van der Waals surface area contributed by atoms with Gasteiger partial charge in [-0.15, -0.1) is 0 Å². The van der Waals surface area contributed by atoms with E-state index >= 15 is 0 Å². The zero-order valence-electron chi connectivity index (χ0n) is 20.0. The molecule has 0 saturated carbocycles. The topological polar surface area (TPSA) is 41.0 Å². The SMILES string of the molecule is CC.CC[C@H]1C(C)C(C(F)(F)F)=NN1c1ccc(OC2CCN(c3ncccc3Cl)CC2)cc1. The fraction of sp³-hybridized carbons (Fsp3) is 0.520. The number of aromatic nitrogens is 1. The summed E-state index contributed by atoms with van der Waals surface area (Å²) in [6, 6.07) is 10.5. The largest absolute Gasteiger partial charge is 0.490 e. The molecule has 4 rings (SSSR count). The summed E-state index contributed by atoms with van der Waals surface area (Å²) in [5, 5.41) is 6.05. The lowest BCUT2D eigenvalue weighted by Crippen LogP contribution is -2.38. The van der Waals surface area contributed by atoms with Crippen LogP contribution in [0.4, 0.5) is 24.7 Å². The van der Waals surface area contributed by atoms with Crippen LogP contribution in [0, 0.1) is 5.92 Å². The Morgan fingerprint density at radius 3 is 2.29 bits per heavy atom. The van der Waals surface area contributed by atoms with E-state index < -0.39 is 17.8 Å². The van der Waals surface area contributed by atoms with E-state index in [0.29, 0.717) is 22.9 Å². The van der Waals surface area contributed by atoms with Crippen molar-refractivity contribution in [3.8, 4) is 5.75 Å². The summed E-state index contributed by atoms with van der Waals surface area (Å²) in [6.07, 6.45) is -0.396. The third-order valence-corrected chi connectivity index (χ3v) is 6.43. The molecule has 0 N–H and O–H groups in total. The lowest BCUT2D eigenvalue weighted by atomic mass is 9.95. The average molecular weight is 497 g/mol. The van der Waals surface area contributed by atoms with Crippen LogP contribution >= 0.6 is 11.6 Å². The van der Waals surface area contributed by atoms with Crippen molar-refractivity contribution in [3.05, 3.63) is 47.6 Å². The number of hydrogen-bond acceptors (Lipinski definition) is 5. The Morgan fingerprint density at radius 2 is 1.74 bits per heavy atom. The second kappa shape index (κ2) is 11.3. The van der Waals surface area contributed by atoms with Gasteiger partial charge < -0.3 is 9.64 Å². The summed E-state index contributed by atoms with van der Waals surface area (Å²) in [5.74, 6) is 0.818. The van der Waals surface area contributed by atoms with E-state index in [-0.39, 0.29) is 12.1 Å². The zero-order chi connectivity index (χ0) is 24.9. The molecule has 34 heavy (non-hydrogen) atoms. The predicted octanol–water partition coefficient (Wildman–Crippen LogP) is 6.96. The Kier molecular flexibility index (Phi) is 8.68. The molecule has 1 saturated heterocycles. The molecular weight excluding hydrogens is 465 g/mol. The van der Waals surface area contributed by atoms with Gasteiger partial charge >= 0.3 is 6.18 Å². The van der Waals surface area contributed by atoms with E-state index in [1.807, 2.05) is 32.9 Å². The molecule has 2 aromatic rings. The highest BCUT2D eigenvalue weighted by molar-refractivity contribution is 6.32. The number of hydrogen-bond donors (Lipinski definition) is 0. The quantitative estimate of drug-likeness (QED) is 0.448. The first-order valence-electron chi connectivity index (χ1n) is 11.8. The summed E-state index contributed by atoms with van der Waals surface area (Å²) >= 11 is 6.25. The van der Waals surface area contributed by atoms with E-state index in [1.54, 1.807) is 37.4 Å². The molecule has 0 spiro atoms. The highest BCUT2D eigenvalue weighted by atomic mass is 35.5. The maximum Gasteiger partial charge on any atom is 0.431 e. The highest BCUT2D eigenvalue weighted by Crippen LogP contribution is 2.37. The number of pyridine rings is 1. The van der Waals surface area contributed by atoms with Crippen LogP contribution in [-0.2, 0) is 0 Å². The van der Waals surface area contributed by atoms with E-state index in [9.17, 15) is 13.2 Å². The molecule has 9 heteroatoms. The number of halogens is 4. The van der Waals surface area contributed by atoms with Crippen LogP contribution < -0.4 is 14.6 Å². The van der Waals surface area contributed by atoms with Gasteiger partial charge in [-0.25, -0.2) is 4.98 Å². The van der Waals surface area contributed by atoms with Gasteiger partial charge in [0.15, 0.2) is 0 Å². The average Bonchev–Trinajstić information content (AvgIpc) is 3.18. The second-order valence-corrected chi connectivity index (χ2v) is 8.61. The number of alkyl halides is 3. The summed E-state index contributed by atoms with van der Waals surface area (Å²) in [4.78, 5) is 6.52. The number of hydrazone groups is 1. The van der Waals surface area contributed by atoms with Crippen molar-refractivity contribution in [2.75, 3.05) is 23.0 Å². The van der Waals surface area contributed by atoms with Crippen LogP contribution in [0.15, 0.2) is 47.7 Å². The van der Waals surface area contributed by atoms with Crippen molar-refractivity contribution in [2.45, 2.75) is 65.3 Å². The minimum Gasteiger partial charge on any atom is -0.490 e. The lowest BCUT2D eigenvalue weighted by molar-refractivity contribution is -0.0620. The predicted molar refractivity (Wildman–Crippen MR) is 132 cm³/mol. The van der Waals surface area contributed by atoms with Gasteiger partial charge in [0, 0.05) is 38.0 Å². The Bertz CT molecular complexity index is 959. The third kappa shape index (κ3) is 5.77. The Hall–Kier alpha value is -2.48. The molecule has 0 radical (unpaired) electrons. The molecule has 2 aliphatic rings. The molecule has 1 unspecified atom stereocenters. The van der Waals surface area contributed by atoms with Crippen molar-refractivity contribution in [1.29, 1.82) is 0 Å². The first-order chi connectivity index (χ1) is 16.3. The molecule has 2 aliphatic heterocycles. The van der Waals surface area contributed by atoms with Crippen LogP contribution in [0.1, 0.15) is 47.0 Å². The van der Waals surface area contributed by atoms with Gasteiger partial charge in [0.1, 0.15) is 23.4 Å². The molecule has 3 heterocycles. The first-order valence-corrected chi connectivity index (χ1v) is 12.2. The van der Waals surface area contributed by atoms with Crippen molar-refractivity contribution in [2.24, 2.45) is 11.0 Å². The third-order valence-electron chi connectivity index (χ3n) is 6.13. The van der Waals surface area contributed by atoms with Crippen molar-refractivity contribution in [1.82, 2.24) is 4.98 Å². The molecule has 5 nitrogen and oxygen atoms in total. The van der Waals surface area contributed by atoms with E-state index in [4.69, 9.17) is 16.3 Å². The fourth-order valence-corrected chi connectivity index (χ4v) is 4.67. The van der Waals surface area contributed by atoms with Gasteiger partial charge in [-0.2, -0.15) is 18.3 Å². The first kappa shape index (κ1) is 26.1. The molecule has 2 atom stereocenters. The molecule has 186 valence electrons. The van der Waals surface area contributed by atoms with Crippen molar-refractivity contribution in [3.63, 3.8) is 0 Å². The summed E-state index contributed by atoms with van der Waals surface area (Å²) in [7, 11) is 0. The minimum absolute atomic E-state index is 0.0599. The summed E-state index contributed by atoms with van der Waals surface area (Å²) in [6.45, 7) is 9.05. The standard InChI is InChI=1S/C23H26ClF3N4O.C2H6/c1-3-20-15(2)21(23(25,26)27)29-31(20)16-6-8-17(9-7-16)32-18-10-13-30(14-11-18)22-19(24)5-4-12-28-22;1-2/h4-9,12,15,18,20H,3,10-11,13-14H2,1-2H3;1-2H3/t15?,20-;/m0./s1. The van der Waals surface area contributed by atoms with Gasteiger partial charge in [0.25, 0.3) is 0 Å². The van der Waals surface area contributed by atoms with E-state index in [1.165, 1.54) is 5.01 Å². The van der Waals surface area contributed by atoms with Gasteiger partial charge in [-0.05, 0) is 42.8 Å². The monoisotopic (exact) mass is 496 g/mol. The summed E-state index contributed by atoms with van der Waals surface area (Å²) in [5.41, 5.74) is -0.0839. The number of piperidine rings is 1. The van der Waals surface area contributed by atoms with E-state index in [2.05, 4.69) is 15.0 Å². The number of benzene rings is 1. The smallest absolute Gasteiger partial charge is 0.431 e. The molecule has 0 amide bonds. The highest BCUT2D eigenvalue weighted by Gasteiger charge is 2.47. The summed E-state index contributed by atoms with van der Waals surface area (Å²) < 4.78 is 46.0. The molecule has 1 fully saturated rings. The zero-order valence-corrected chi connectivity index (χ0v) is 20.8. The maximum absolute atomic E-state index is 13.3. The van der Waals surface area contributed by atoms with Crippen LogP contribution in [0.25, 0.3) is 0 Å². The van der Waals surface area contributed by atoms with E-state index in [0.717, 1.165) is 31.7 Å². The molecule has 0 aliphatic carbocycles. The normalized spacial score (nSPS) is 21.1. The number of ether oxygens (including phenoxy) is 1. The van der Waals surface area contributed by atoms with Gasteiger partial charge in [-0.1, -0.05) is 39.3 Å². The Morgan fingerprint density at radius 1 is 1.09 bits per heavy atom. The Labute approximate surface area is 204 Å². The number of rotatable bonds is 5. The van der Waals surface area contributed by atoms with Crippen LogP contribution in [0.2, 0.25) is 5.02 Å². The maximum atomic E-state index is 13.3. The molecule has 1 aromatic carbocycles. The van der Waals surface area contributed by atoms with Crippen LogP contribution in [-0.4, -0.2) is 42.1 Å². The second-order valence-electron chi connectivity index (χ2n) is 8.20. The number of anilines is 2. The van der Waals surface area contributed by atoms with Crippen LogP contribution in [0.3, 0.4) is 0 Å². The van der Waals surface area contributed by atoms with Gasteiger partial charge in [0.05, 0.1) is 16.8 Å². The van der Waals surface area contributed by atoms with Crippen molar-refractivity contribution < 1.29 is 17.9 Å². The molecular formula is C25H32ClF3N4O.